The molecule has 94 valence electrons. The van der Waals surface area contributed by atoms with E-state index in [0.29, 0.717) is 5.92 Å². The number of hydrogen-bond donors (Lipinski definition) is 1. The Kier molecular flexibility index (Phi) is 3.74. The first-order valence-electron chi connectivity index (χ1n) is 6.19. The Hall–Kier alpha value is -1.00. The second-order valence-electron chi connectivity index (χ2n) is 5.57. The first kappa shape index (κ1) is 12.5. The fourth-order valence-electron chi connectivity index (χ4n) is 1.80. The van der Waals surface area contributed by atoms with Crippen molar-refractivity contribution in [2.24, 2.45) is 0 Å². The predicted molar refractivity (Wildman–Crippen MR) is 66.8 cm³/mol. The summed E-state index contributed by atoms with van der Waals surface area (Å²) in [6.07, 6.45) is 2.89. The summed E-state index contributed by atoms with van der Waals surface area (Å²) in [4.78, 5) is 8.95. The number of nitrogens with zero attached hydrogens (tertiary/aromatic N) is 2. The van der Waals surface area contributed by atoms with Crippen LogP contribution in [0.5, 0.6) is 0 Å². The van der Waals surface area contributed by atoms with Crippen molar-refractivity contribution in [3.8, 4) is 0 Å². The molecule has 2 rings (SSSR count). The van der Waals surface area contributed by atoms with E-state index in [-0.39, 0.29) is 5.54 Å². The molecule has 17 heavy (non-hydrogen) atoms. The second-order valence-corrected chi connectivity index (χ2v) is 5.57. The summed E-state index contributed by atoms with van der Waals surface area (Å²) < 4.78 is 5.37. The van der Waals surface area contributed by atoms with Gasteiger partial charge in [0.15, 0.2) is 0 Å². The van der Waals surface area contributed by atoms with Crippen LogP contribution in [-0.2, 0) is 11.3 Å². The molecule has 4 nitrogen and oxygen atoms in total. The first-order valence-corrected chi connectivity index (χ1v) is 6.19. The fraction of sp³-hybridized carbons (Fsp3) is 0.692. The molecule has 1 aromatic heterocycles. The van der Waals surface area contributed by atoms with E-state index in [1.54, 1.807) is 0 Å². The van der Waals surface area contributed by atoms with Crippen LogP contribution in [0.1, 0.15) is 44.6 Å². The van der Waals surface area contributed by atoms with E-state index in [2.05, 4.69) is 36.1 Å². The molecule has 4 heteroatoms. The van der Waals surface area contributed by atoms with Gasteiger partial charge in [0.05, 0.1) is 12.3 Å². The summed E-state index contributed by atoms with van der Waals surface area (Å²) in [5.74, 6) is 1.31. The van der Waals surface area contributed by atoms with Gasteiger partial charge >= 0.3 is 0 Å². The maximum Gasteiger partial charge on any atom is 0.134 e. The number of rotatable bonds is 3. The van der Waals surface area contributed by atoms with Crippen LogP contribution in [0.25, 0.3) is 0 Å². The third-order valence-corrected chi connectivity index (χ3v) is 2.83. The van der Waals surface area contributed by atoms with Gasteiger partial charge in [-0.3, -0.25) is 0 Å². The van der Waals surface area contributed by atoms with Crippen LogP contribution < -0.4 is 5.32 Å². The minimum atomic E-state index is 0.113. The molecule has 0 spiro atoms. The third kappa shape index (κ3) is 3.75. The quantitative estimate of drug-likeness (QED) is 0.869. The lowest BCUT2D eigenvalue weighted by Gasteiger charge is -2.20. The van der Waals surface area contributed by atoms with Crippen LogP contribution in [-0.4, -0.2) is 28.7 Å². The lowest BCUT2D eigenvalue weighted by molar-refractivity contribution is 0.193. The van der Waals surface area contributed by atoms with Gasteiger partial charge < -0.3 is 10.1 Å². The normalized spacial score (nSPS) is 20.8. The van der Waals surface area contributed by atoms with Crippen molar-refractivity contribution in [1.29, 1.82) is 0 Å². The van der Waals surface area contributed by atoms with Gasteiger partial charge in [-0.25, -0.2) is 9.97 Å². The summed E-state index contributed by atoms with van der Waals surface area (Å²) in [6.45, 7) is 8.83. The molecule has 0 aromatic carbocycles. The zero-order valence-electron chi connectivity index (χ0n) is 10.9. The van der Waals surface area contributed by atoms with Crippen LogP contribution in [0.2, 0.25) is 0 Å². The Morgan fingerprint density at radius 1 is 1.47 bits per heavy atom. The van der Waals surface area contributed by atoms with Crippen molar-refractivity contribution in [3.05, 3.63) is 23.8 Å². The fourth-order valence-corrected chi connectivity index (χ4v) is 1.80. The Balaban J connectivity index is 2.01. The molecule has 1 aliphatic rings. The molecule has 1 aromatic rings. The summed E-state index contributed by atoms with van der Waals surface area (Å²) in [5, 5.41) is 3.43. The molecule has 2 heterocycles. The van der Waals surface area contributed by atoms with E-state index < -0.39 is 0 Å². The van der Waals surface area contributed by atoms with Crippen LogP contribution in [0.4, 0.5) is 0 Å². The Morgan fingerprint density at radius 3 is 2.94 bits per heavy atom. The highest BCUT2D eigenvalue weighted by Gasteiger charge is 2.20. The Labute approximate surface area is 103 Å². The third-order valence-electron chi connectivity index (χ3n) is 2.83. The molecule has 1 unspecified atom stereocenters. The van der Waals surface area contributed by atoms with Gasteiger partial charge in [-0.15, -0.1) is 0 Å². The highest BCUT2D eigenvalue weighted by molar-refractivity contribution is 5.07. The summed E-state index contributed by atoms with van der Waals surface area (Å²) in [5.41, 5.74) is 1.17. The molecule has 1 fully saturated rings. The van der Waals surface area contributed by atoms with Gasteiger partial charge in [-0.2, -0.15) is 0 Å². The SMILES string of the molecule is CC(C)(C)NCc1ccnc(C2CCOC2)n1. The van der Waals surface area contributed by atoms with Crippen molar-refractivity contribution < 1.29 is 4.74 Å². The average molecular weight is 235 g/mol. The molecule has 0 bridgehead atoms. The molecule has 1 aliphatic heterocycles. The van der Waals surface area contributed by atoms with Gasteiger partial charge in [0.25, 0.3) is 0 Å². The highest BCUT2D eigenvalue weighted by Crippen LogP contribution is 2.21. The van der Waals surface area contributed by atoms with Crippen molar-refractivity contribution in [3.63, 3.8) is 0 Å². The zero-order chi connectivity index (χ0) is 12.3. The van der Waals surface area contributed by atoms with E-state index in [0.717, 1.165) is 37.7 Å². The number of hydrogen-bond acceptors (Lipinski definition) is 4. The number of ether oxygens (including phenoxy) is 1. The molecular formula is C13H21N3O. The van der Waals surface area contributed by atoms with Gasteiger partial charge in [-0.1, -0.05) is 0 Å². The van der Waals surface area contributed by atoms with Gasteiger partial charge in [0, 0.05) is 30.8 Å². The largest absolute Gasteiger partial charge is 0.381 e. The standard InChI is InChI=1S/C13H21N3O/c1-13(2,3)15-8-11-4-6-14-12(16-11)10-5-7-17-9-10/h4,6,10,15H,5,7-9H2,1-3H3. The summed E-state index contributed by atoms with van der Waals surface area (Å²) in [6, 6.07) is 1.97. The van der Waals surface area contributed by atoms with E-state index in [1.807, 2.05) is 12.3 Å². The molecule has 1 atom stereocenters. The van der Waals surface area contributed by atoms with Crippen molar-refractivity contribution in [1.82, 2.24) is 15.3 Å². The molecular weight excluding hydrogens is 214 g/mol. The van der Waals surface area contributed by atoms with Gasteiger partial charge in [0.2, 0.25) is 0 Å². The van der Waals surface area contributed by atoms with Crippen LogP contribution in [0.15, 0.2) is 12.3 Å². The predicted octanol–water partition coefficient (Wildman–Crippen LogP) is 1.87. The lowest BCUT2D eigenvalue weighted by Crippen LogP contribution is -2.35. The van der Waals surface area contributed by atoms with Crippen LogP contribution in [0, 0.1) is 0 Å². The Bertz CT molecular complexity index is 367. The van der Waals surface area contributed by atoms with Crippen molar-refractivity contribution >= 4 is 0 Å². The first-order chi connectivity index (χ1) is 8.04. The minimum Gasteiger partial charge on any atom is -0.381 e. The lowest BCUT2D eigenvalue weighted by atomic mass is 10.1. The minimum absolute atomic E-state index is 0.113. The van der Waals surface area contributed by atoms with E-state index in [9.17, 15) is 0 Å². The molecule has 1 N–H and O–H groups in total. The summed E-state index contributed by atoms with van der Waals surface area (Å²) in [7, 11) is 0. The summed E-state index contributed by atoms with van der Waals surface area (Å²) >= 11 is 0. The molecule has 1 saturated heterocycles. The Morgan fingerprint density at radius 2 is 2.29 bits per heavy atom. The number of aromatic nitrogens is 2. The smallest absolute Gasteiger partial charge is 0.134 e. The average Bonchev–Trinajstić information content (AvgIpc) is 2.79. The van der Waals surface area contributed by atoms with E-state index in [1.165, 1.54) is 0 Å². The van der Waals surface area contributed by atoms with Crippen LogP contribution >= 0.6 is 0 Å². The molecule has 0 saturated carbocycles. The molecule has 0 aliphatic carbocycles. The maximum atomic E-state index is 5.37. The maximum absolute atomic E-state index is 5.37. The van der Waals surface area contributed by atoms with E-state index >= 15 is 0 Å². The number of nitrogens with one attached hydrogen (secondary N) is 1. The second kappa shape index (κ2) is 5.10. The van der Waals surface area contributed by atoms with Crippen molar-refractivity contribution in [2.45, 2.75) is 45.2 Å². The topological polar surface area (TPSA) is 47.0 Å². The molecule has 0 amide bonds. The highest BCUT2D eigenvalue weighted by atomic mass is 16.5. The van der Waals surface area contributed by atoms with Crippen LogP contribution in [0.3, 0.4) is 0 Å². The van der Waals surface area contributed by atoms with Gasteiger partial charge in [0.1, 0.15) is 5.82 Å². The zero-order valence-corrected chi connectivity index (χ0v) is 10.9. The van der Waals surface area contributed by atoms with Gasteiger partial charge in [-0.05, 0) is 33.3 Å². The van der Waals surface area contributed by atoms with Crippen molar-refractivity contribution in [2.75, 3.05) is 13.2 Å². The van der Waals surface area contributed by atoms with E-state index in [4.69, 9.17) is 4.74 Å². The monoisotopic (exact) mass is 235 g/mol. The molecule has 0 radical (unpaired) electrons.